The maximum absolute atomic E-state index is 13.4. The van der Waals surface area contributed by atoms with E-state index in [0.717, 1.165) is 28.6 Å². The molecule has 1 atom stereocenters. The number of aromatic nitrogens is 1. The summed E-state index contributed by atoms with van der Waals surface area (Å²) in [5.74, 6) is -0.341. The first-order valence-electron chi connectivity index (χ1n) is 6.40. The van der Waals surface area contributed by atoms with Gasteiger partial charge >= 0.3 is 0 Å². The van der Waals surface area contributed by atoms with Crippen molar-refractivity contribution in [1.82, 2.24) is 10.3 Å². The van der Waals surface area contributed by atoms with Crippen molar-refractivity contribution in [3.05, 3.63) is 63.1 Å². The maximum atomic E-state index is 13.4. The molecule has 0 radical (unpaired) electrons. The molecular weight excluding hydrogens is 343 g/mol. The summed E-state index contributed by atoms with van der Waals surface area (Å²) in [7, 11) is 0. The molecule has 1 aromatic heterocycles. The molecule has 0 bridgehead atoms. The smallest absolute Gasteiger partial charge is 0.141 e. The van der Waals surface area contributed by atoms with Crippen molar-refractivity contribution in [2.75, 3.05) is 6.54 Å². The van der Waals surface area contributed by atoms with Crippen LogP contribution in [0.1, 0.15) is 30.5 Å². The van der Waals surface area contributed by atoms with Crippen molar-refractivity contribution in [2.24, 2.45) is 0 Å². The van der Waals surface area contributed by atoms with Crippen LogP contribution in [0.15, 0.2) is 41.1 Å². The molecule has 2 nitrogen and oxygen atoms in total. The largest absolute Gasteiger partial charge is 0.306 e. The number of halogens is 3. The Morgan fingerprint density at radius 3 is 2.70 bits per heavy atom. The first kappa shape index (κ1) is 15.4. The minimum atomic E-state index is -0.341. The van der Waals surface area contributed by atoms with Crippen LogP contribution >= 0.6 is 27.5 Å². The van der Waals surface area contributed by atoms with Crippen molar-refractivity contribution in [1.29, 1.82) is 0 Å². The predicted octanol–water partition coefficient (Wildman–Crippen LogP) is 4.73. The number of pyridine rings is 1. The van der Waals surface area contributed by atoms with Gasteiger partial charge in [-0.25, -0.2) is 4.39 Å². The van der Waals surface area contributed by atoms with Crippen LogP contribution < -0.4 is 5.32 Å². The molecule has 1 heterocycles. The second-order valence-electron chi connectivity index (χ2n) is 4.53. The molecule has 0 spiro atoms. The van der Waals surface area contributed by atoms with E-state index < -0.39 is 0 Å². The zero-order valence-corrected chi connectivity index (χ0v) is 13.4. The average Bonchev–Trinajstić information content (AvgIpc) is 2.38. The van der Waals surface area contributed by atoms with Crippen molar-refractivity contribution < 1.29 is 4.39 Å². The molecule has 2 rings (SSSR count). The topological polar surface area (TPSA) is 24.9 Å². The van der Waals surface area contributed by atoms with E-state index in [9.17, 15) is 4.39 Å². The van der Waals surface area contributed by atoms with Crippen molar-refractivity contribution in [2.45, 2.75) is 19.4 Å². The first-order valence-corrected chi connectivity index (χ1v) is 7.57. The number of hydrogen-bond acceptors (Lipinski definition) is 2. The van der Waals surface area contributed by atoms with E-state index in [4.69, 9.17) is 11.6 Å². The number of hydrogen-bond donors (Lipinski definition) is 1. The molecule has 0 amide bonds. The summed E-state index contributed by atoms with van der Waals surface area (Å²) in [6.07, 6.45) is 3.86. The van der Waals surface area contributed by atoms with Gasteiger partial charge in [-0.2, -0.15) is 0 Å². The molecule has 1 aromatic carbocycles. The minimum Gasteiger partial charge on any atom is -0.306 e. The summed E-state index contributed by atoms with van der Waals surface area (Å²) < 4.78 is 14.3. The van der Waals surface area contributed by atoms with E-state index in [1.54, 1.807) is 6.20 Å². The molecule has 0 fully saturated rings. The van der Waals surface area contributed by atoms with Crippen LogP contribution in [0.4, 0.5) is 4.39 Å². The van der Waals surface area contributed by atoms with Crippen LogP contribution in [0.2, 0.25) is 5.02 Å². The normalized spacial score (nSPS) is 12.4. The number of nitrogens with one attached hydrogen (secondary N) is 1. The van der Waals surface area contributed by atoms with Gasteiger partial charge in [0.25, 0.3) is 0 Å². The summed E-state index contributed by atoms with van der Waals surface area (Å²) in [4.78, 5) is 3.92. The molecule has 0 saturated heterocycles. The third-order valence-electron chi connectivity index (χ3n) is 2.88. The number of benzene rings is 1. The Morgan fingerprint density at radius 2 is 2.05 bits per heavy atom. The number of rotatable bonds is 5. The highest BCUT2D eigenvalue weighted by Crippen LogP contribution is 2.28. The lowest BCUT2D eigenvalue weighted by Crippen LogP contribution is -2.23. The molecule has 0 aliphatic rings. The molecule has 1 unspecified atom stereocenters. The highest BCUT2D eigenvalue weighted by Gasteiger charge is 2.15. The molecular formula is C15H15BrClFN2. The Kier molecular flexibility index (Phi) is 5.52. The van der Waals surface area contributed by atoms with Gasteiger partial charge in [-0.05, 0) is 48.4 Å². The zero-order valence-electron chi connectivity index (χ0n) is 11.0. The SMILES string of the molecule is CCCNC(c1cncc(F)c1)c1cc(Cl)cc(Br)c1. The van der Waals surface area contributed by atoms with Gasteiger partial charge < -0.3 is 5.32 Å². The second-order valence-corrected chi connectivity index (χ2v) is 5.88. The fourth-order valence-corrected chi connectivity index (χ4v) is 2.93. The fourth-order valence-electron chi connectivity index (χ4n) is 2.04. The van der Waals surface area contributed by atoms with Crippen LogP contribution in [0.3, 0.4) is 0 Å². The molecule has 106 valence electrons. The van der Waals surface area contributed by atoms with E-state index in [1.807, 2.05) is 18.2 Å². The first-order chi connectivity index (χ1) is 9.60. The Labute approximate surface area is 131 Å². The fraction of sp³-hybridized carbons (Fsp3) is 0.267. The van der Waals surface area contributed by atoms with E-state index in [0.29, 0.717) is 5.02 Å². The molecule has 20 heavy (non-hydrogen) atoms. The van der Waals surface area contributed by atoms with Gasteiger partial charge in [0.2, 0.25) is 0 Å². The predicted molar refractivity (Wildman–Crippen MR) is 83.5 cm³/mol. The van der Waals surface area contributed by atoms with Crippen molar-refractivity contribution in [3.63, 3.8) is 0 Å². The molecule has 0 aliphatic carbocycles. The molecule has 0 aliphatic heterocycles. The lowest BCUT2D eigenvalue weighted by Gasteiger charge is -2.20. The highest BCUT2D eigenvalue weighted by atomic mass is 79.9. The Bertz CT molecular complexity index is 572. The number of nitrogens with zero attached hydrogens (tertiary/aromatic N) is 1. The van der Waals surface area contributed by atoms with Gasteiger partial charge in [-0.3, -0.25) is 4.98 Å². The highest BCUT2D eigenvalue weighted by molar-refractivity contribution is 9.10. The van der Waals surface area contributed by atoms with Gasteiger partial charge in [0.15, 0.2) is 0 Å². The van der Waals surface area contributed by atoms with Gasteiger partial charge in [-0.15, -0.1) is 0 Å². The summed E-state index contributed by atoms with van der Waals surface area (Å²) >= 11 is 9.53. The van der Waals surface area contributed by atoms with E-state index in [1.165, 1.54) is 12.3 Å². The van der Waals surface area contributed by atoms with Crippen LogP contribution in [-0.4, -0.2) is 11.5 Å². The van der Waals surface area contributed by atoms with Gasteiger partial charge in [-0.1, -0.05) is 34.5 Å². The summed E-state index contributed by atoms with van der Waals surface area (Å²) in [5, 5.41) is 4.04. The zero-order chi connectivity index (χ0) is 14.5. The monoisotopic (exact) mass is 356 g/mol. The Hall–Kier alpha value is -0.970. The molecule has 5 heteroatoms. The van der Waals surface area contributed by atoms with Crippen molar-refractivity contribution in [3.8, 4) is 0 Å². The average molecular weight is 358 g/mol. The van der Waals surface area contributed by atoms with Crippen LogP contribution in [0.25, 0.3) is 0 Å². The van der Waals surface area contributed by atoms with Gasteiger partial charge in [0, 0.05) is 15.7 Å². The maximum Gasteiger partial charge on any atom is 0.141 e. The minimum absolute atomic E-state index is 0.131. The standard InChI is InChI=1S/C15H15BrClFN2/c1-2-3-20-15(11-6-14(18)9-19-8-11)10-4-12(16)7-13(17)5-10/h4-9,15,20H,2-3H2,1H3. The second kappa shape index (κ2) is 7.16. The van der Waals surface area contributed by atoms with Crippen LogP contribution in [-0.2, 0) is 0 Å². The lowest BCUT2D eigenvalue weighted by molar-refractivity contribution is 0.580. The van der Waals surface area contributed by atoms with E-state index in [2.05, 4.69) is 33.2 Å². The molecule has 0 saturated carbocycles. The molecule has 1 N–H and O–H groups in total. The summed E-state index contributed by atoms with van der Waals surface area (Å²) in [6.45, 7) is 2.91. The summed E-state index contributed by atoms with van der Waals surface area (Å²) in [6, 6.07) is 7.04. The van der Waals surface area contributed by atoms with Crippen LogP contribution in [0, 0.1) is 5.82 Å². The van der Waals surface area contributed by atoms with Gasteiger partial charge in [0.05, 0.1) is 12.2 Å². The van der Waals surface area contributed by atoms with E-state index in [-0.39, 0.29) is 11.9 Å². The molecule has 2 aromatic rings. The van der Waals surface area contributed by atoms with Crippen LogP contribution in [0.5, 0.6) is 0 Å². The van der Waals surface area contributed by atoms with Crippen molar-refractivity contribution >= 4 is 27.5 Å². The summed E-state index contributed by atoms with van der Waals surface area (Å²) in [5.41, 5.74) is 1.76. The third-order valence-corrected chi connectivity index (χ3v) is 3.55. The Balaban J connectivity index is 2.41. The van der Waals surface area contributed by atoms with Gasteiger partial charge in [0.1, 0.15) is 5.82 Å². The Morgan fingerprint density at radius 1 is 1.25 bits per heavy atom. The van der Waals surface area contributed by atoms with E-state index >= 15 is 0 Å². The lowest BCUT2D eigenvalue weighted by atomic mass is 10.00. The third kappa shape index (κ3) is 4.01. The quantitative estimate of drug-likeness (QED) is 0.837.